The van der Waals surface area contributed by atoms with Crippen LogP contribution in [0.1, 0.15) is 34.1 Å². The first-order valence-electron chi connectivity index (χ1n) is 5.82. The SMILES string of the molecule is C=C(C)C(=O)OCC(CC(C)CO)C(C)C. The minimum atomic E-state index is -0.331. The van der Waals surface area contributed by atoms with Gasteiger partial charge in [0.1, 0.15) is 0 Å². The second-order valence-corrected chi connectivity index (χ2v) is 4.91. The highest BCUT2D eigenvalue weighted by molar-refractivity contribution is 5.86. The van der Waals surface area contributed by atoms with Crippen LogP contribution in [0.15, 0.2) is 12.2 Å². The van der Waals surface area contributed by atoms with Crippen LogP contribution in [-0.4, -0.2) is 24.3 Å². The number of hydrogen-bond acceptors (Lipinski definition) is 3. The molecule has 94 valence electrons. The molecule has 0 aromatic heterocycles. The third-order valence-electron chi connectivity index (χ3n) is 2.74. The zero-order valence-electron chi connectivity index (χ0n) is 10.8. The molecule has 2 unspecified atom stereocenters. The first kappa shape index (κ1) is 15.2. The van der Waals surface area contributed by atoms with E-state index < -0.39 is 0 Å². The Balaban J connectivity index is 4.14. The number of aliphatic hydroxyl groups excluding tert-OH is 1. The molecule has 3 nitrogen and oxygen atoms in total. The average Bonchev–Trinajstić information content (AvgIpc) is 2.22. The summed E-state index contributed by atoms with van der Waals surface area (Å²) in [4.78, 5) is 11.3. The smallest absolute Gasteiger partial charge is 0.333 e. The molecule has 0 radical (unpaired) electrons. The van der Waals surface area contributed by atoms with Crippen molar-refractivity contribution in [3.8, 4) is 0 Å². The van der Waals surface area contributed by atoms with Crippen LogP contribution in [0, 0.1) is 17.8 Å². The van der Waals surface area contributed by atoms with E-state index in [0.717, 1.165) is 6.42 Å². The summed E-state index contributed by atoms with van der Waals surface area (Å²) in [5.41, 5.74) is 0.428. The van der Waals surface area contributed by atoms with Gasteiger partial charge in [0.2, 0.25) is 0 Å². The van der Waals surface area contributed by atoms with Crippen LogP contribution in [0.3, 0.4) is 0 Å². The van der Waals surface area contributed by atoms with Crippen molar-refractivity contribution in [2.45, 2.75) is 34.1 Å². The molecule has 3 heteroatoms. The van der Waals surface area contributed by atoms with Crippen LogP contribution in [0.5, 0.6) is 0 Å². The first-order chi connectivity index (χ1) is 7.38. The van der Waals surface area contributed by atoms with Crippen molar-refractivity contribution >= 4 is 5.97 Å². The van der Waals surface area contributed by atoms with Crippen molar-refractivity contribution in [2.24, 2.45) is 17.8 Å². The molecule has 0 fully saturated rings. The summed E-state index contributed by atoms with van der Waals surface area (Å²) in [5.74, 6) is 0.649. The van der Waals surface area contributed by atoms with E-state index in [1.807, 2.05) is 6.92 Å². The summed E-state index contributed by atoms with van der Waals surface area (Å²) in [6, 6.07) is 0. The van der Waals surface area contributed by atoms with Gasteiger partial charge in [-0.1, -0.05) is 27.4 Å². The Morgan fingerprint density at radius 1 is 1.38 bits per heavy atom. The summed E-state index contributed by atoms with van der Waals surface area (Å²) in [5, 5.41) is 9.01. The molecule has 0 heterocycles. The van der Waals surface area contributed by atoms with Crippen LogP contribution >= 0.6 is 0 Å². The van der Waals surface area contributed by atoms with Crippen molar-refractivity contribution in [3.05, 3.63) is 12.2 Å². The summed E-state index contributed by atoms with van der Waals surface area (Å²) in [7, 11) is 0. The topological polar surface area (TPSA) is 46.5 Å². The fourth-order valence-electron chi connectivity index (χ4n) is 1.43. The molecular formula is C13H24O3. The molecule has 0 aliphatic carbocycles. The summed E-state index contributed by atoms with van der Waals surface area (Å²) in [6.45, 7) is 12.0. The lowest BCUT2D eigenvalue weighted by Gasteiger charge is -2.23. The van der Waals surface area contributed by atoms with E-state index in [1.165, 1.54) is 0 Å². The lowest BCUT2D eigenvalue weighted by Crippen LogP contribution is -2.22. The van der Waals surface area contributed by atoms with Crippen molar-refractivity contribution in [2.75, 3.05) is 13.2 Å². The van der Waals surface area contributed by atoms with Crippen LogP contribution in [0.2, 0.25) is 0 Å². The average molecular weight is 228 g/mol. The van der Waals surface area contributed by atoms with Crippen molar-refractivity contribution < 1.29 is 14.6 Å². The minimum absolute atomic E-state index is 0.178. The normalized spacial score (nSPS) is 14.6. The van der Waals surface area contributed by atoms with Gasteiger partial charge in [-0.3, -0.25) is 0 Å². The fourth-order valence-corrected chi connectivity index (χ4v) is 1.43. The van der Waals surface area contributed by atoms with E-state index >= 15 is 0 Å². The molecule has 0 bridgehead atoms. The highest BCUT2D eigenvalue weighted by atomic mass is 16.5. The number of aliphatic hydroxyl groups is 1. The zero-order valence-corrected chi connectivity index (χ0v) is 10.8. The molecule has 0 aliphatic rings. The van der Waals surface area contributed by atoms with Gasteiger partial charge in [0.05, 0.1) is 6.61 Å². The van der Waals surface area contributed by atoms with Crippen LogP contribution in [0.4, 0.5) is 0 Å². The van der Waals surface area contributed by atoms with E-state index in [1.54, 1.807) is 6.92 Å². The third-order valence-corrected chi connectivity index (χ3v) is 2.74. The molecule has 16 heavy (non-hydrogen) atoms. The molecular weight excluding hydrogens is 204 g/mol. The highest BCUT2D eigenvalue weighted by Gasteiger charge is 2.18. The Hall–Kier alpha value is -0.830. The van der Waals surface area contributed by atoms with Gasteiger partial charge in [-0.05, 0) is 31.1 Å². The number of esters is 1. The Bertz CT molecular complexity index is 233. The fraction of sp³-hybridized carbons (Fsp3) is 0.769. The monoisotopic (exact) mass is 228 g/mol. The molecule has 2 atom stereocenters. The predicted octanol–water partition coefficient (Wildman–Crippen LogP) is 2.40. The highest BCUT2D eigenvalue weighted by Crippen LogP contribution is 2.20. The van der Waals surface area contributed by atoms with Crippen molar-refractivity contribution in [3.63, 3.8) is 0 Å². The minimum Gasteiger partial charge on any atom is -0.462 e. The maximum absolute atomic E-state index is 11.3. The summed E-state index contributed by atoms with van der Waals surface area (Å²) in [6.07, 6.45) is 0.873. The van der Waals surface area contributed by atoms with E-state index in [-0.39, 0.29) is 18.5 Å². The van der Waals surface area contributed by atoms with Crippen LogP contribution in [-0.2, 0) is 9.53 Å². The number of hydrogen-bond donors (Lipinski definition) is 1. The quantitative estimate of drug-likeness (QED) is 0.537. The standard InChI is InChI=1S/C13H24O3/c1-9(2)12(6-11(5)7-14)8-16-13(15)10(3)4/h9,11-12,14H,3,6-8H2,1-2,4-5H3. The zero-order chi connectivity index (χ0) is 12.7. The Morgan fingerprint density at radius 2 is 1.94 bits per heavy atom. The Kier molecular flexibility index (Phi) is 7.06. The Morgan fingerprint density at radius 3 is 2.31 bits per heavy atom. The van der Waals surface area contributed by atoms with Gasteiger partial charge >= 0.3 is 5.97 Å². The molecule has 0 spiro atoms. The number of ether oxygens (including phenoxy) is 1. The maximum atomic E-state index is 11.3. The molecule has 0 saturated carbocycles. The molecule has 0 amide bonds. The van der Waals surface area contributed by atoms with Gasteiger partial charge in [-0.25, -0.2) is 4.79 Å². The molecule has 0 aliphatic heterocycles. The molecule has 1 N–H and O–H groups in total. The summed E-state index contributed by atoms with van der Waals surface area (Å²) >= 11 is 0. The second-order valence-electron chi connectivity index (χ2n) is 4.91. The van der Waals surface area contributed by atoms with Gasteiger partial charge in [0.15, 0.2) is 0 Å². The van der Waals surface area contributed by atoms with Gasteiger partial charge in [0, 0.05) is 12.2 Å². The van der Waals surface area contributed by atoms with Crippen molar-refractivity contribution in [1.29, 1.82) is 0 Å². The lowest BCUT2D eigenvalue weighted by atomic mass is 9.88. The van der Waals surface area contributed by atoms with Gasteiger partial charge in [-0.2, -0.15) is 0 Å². The molecule has 0 saturated heterocycles. The maximum Gasteiger partial charge on any atom is 0.333 e. The van der Waals surface area contributed by atoms with E-state index in [2.05, 4.69) is 20.4 Å². The van der Waals surface area contributed by atoms with Gasteiger partial charge < -0.3 is 9.84 Å². The second kappa shape index (κ2) is 7.44. The van der Waals surface area contributed by atoms with Crippen LogP contribution < -0.4 is 0 Å². The number of carbonyl (C=O) groups is 1. The largest absolute Gasteiger partial charge is 0.462 e. The number of carbonyl (C=O) groups excluding carboxylic acids is 1. The molecule has 0 aromatic rings. The number of rotatable bonds is 7. The van der Waals surface area contributed by atoms with E-state index in [0.29, 0.717) is 24.0 Å². The molecule has 0 rings (SSSR count). The van der Waals surface area contributed by atoms with E-state index in [4.69, 9.17) is 9.84 Å². The predicted molar refractivity (Wildman–Crippen MR) is 65.0 cm³/mol. The summed E-state index contributed by atoms with van der Waals surface area (Å²) < 4.78 is 5.15. The van der Waals surface area contributed by atoms with Crippen LogP contribution in [0.25, 0.3) is 0 Å². The Labute approximate surface area is 98.5 Å². The molecule has 0 aromatic carbocycles. The van der Waals surface area contributed by atoms with E-state index in [9.17, 15) is 4.79 Å². The first-order valence-corrected chi connectivity index (χ1v) is 5.82. The lowest BCUT2D eigenvalue weighted by molar-refractivity contribution is -0.141. The van der Waals surface area contributed by atoms with Crippen molar-refractivity contribution in [1.82, 2.24) is 0 Å². The van der Waals surface area contributed by atoms with Gasteiger partial charge in [-0.15, -0.1) is 0 Å². The third kappa shape index (κ3) is 5.91. The van der Waals surface area contributed by atoms with Gasteiger partial charge in [0.25, 0.3) is 0 Å².